The van der Waals surface area contributed by atoms with Gasteiger partial charge in [-0.05, 0) is 102 Å². The molecule has 202 valence electrons. The third-order valence-electron chi connectivity index (χ3n) is 9.72. The van der Waals surface area contributed by atoms with Gasteiger partial charge in [-0.3, -0.25) is 9.80 Å². The molecule has 0 unspecified atom stereocenters. The third-order valence-corrected chi connectivity index (χ3v) is 9.72. The first-order valence-corrected chi connectivity index (χ1v) is 13.8. The second-order valence-electron chi connectivity index (χ2n) is 13.9. The molecule has 3 fully saturated rings. The zero-order valence-electron chi connectivity index (χ0n) is 24.6. The molecule has 35 heavy (non-hydrogen) atoms. The molecule has 7 heteroatoms. The van der Waals surface area contributed by atoms with Crippen molar-refractivity contribution in [1.82, 2.24) is 24.5 Å². The fourth-order valence-electron chi connectivity index (χ4n) is 7.06. The van der Waals surface area contributed by atoms with E-state index in [4.69, 9.17) is 0 Å². The molecule has 0 saturated carbocycles. The SMILES string of the molecule is CCCCN1C(=O)N(C2CC(C)(C)N(C)C(C)(C)C2)CCN(C2CC(C)(C)N(C)C(C)(C)C2)C1=O. The molecule has 7 nitrogen and oxygen atoms in total. The van der Waals surface area contributed by atoms with E-state index in [1.165, 1.54) is 0 Å². The standard InChI is InChI=1S/C28H53N5O2/c1-12-13-14-33-23(34)31(21-17-25(2,3)29(10)26(4,5)18-21)15-16-32(24(33)35)22-19-27(6,7)30(11)28(8,9)20-22/h21-22H,12-20H2,1-11H3. The first kappa shape index (κ1) is 28.2. The van der Waals surface area contributed by atoms with Gasteiger partial charge in [-0.15, -0.1) is 0 Å². The van der Waals surface area contributed by atoms with E-state index in [1.54, 1.807) is 4.90 Å². The fourth-order valence-corrected chi connectivity index (χ4v) is 7.06. The summed E-state index contributed by atoms with van der Waals surface area (Å²) in [4.78, 5) is 38.5. The predicted molar refractivity (Wildman–Crippen MR) is 144 cm³/mol. The molecule has 0 radical (unpaired) electrons. The molecule has 0 atom stereocenters. The Morgan fingerprint density at radius 3 is 1.26 bits per heavy atom. The predicted octanol–water partition coefficient (Wildman–Crippen LogP) is 5.25. The van der Waals surface area contributed by atoms with Gasteiger partial charge in [-0.25, -0.2) is 14.5 Å². The topological polar surface area (TPSA) is 50.3 Å². The molecule has 3 saturated heterocycles. The molecule has 3 rings (SSSR count). The molecule has 0 N–H and O–H groups in total. The Labute approximate surface area is 215 Å². The highest BCUT2D eigenvalue weighted by atomic mass is 16.2. The molecule has 4 amide bonds. The summed E-state index contributed by atoms with van der Waals surface area (Å²) in [6.07, 6.45) is 5.48. The van der Waals surface area contributed by atoms with Gasteiger partial charge in [0.05, 0.1) is 0 Å². The number of urea groups is 2. The number of carbonyl (C=O) groups is 2. The highest BCUT2D eigenvalue weighted by molar-refractivity contribution is 5.94. The van der Waals surface area contributed by atoms with Gasteiger partial charge in [0.2, 0.25) is 0 Å². The van der Waals surface area contributed by atoms with Crippen LogP contribution in [0.5, 0.6) is 0 Å². The van der Waals surface area contributed by atoms with Gasteiger partial charge in [-0.2, -0.15) is 0 Å². The summed E-state index contributed by atoms with van der Waals surface area (Å²) in [5.41, 5.74) is -0.0597. The summed E-state index contributed by atoms with van der Waals surface area (Å²) in [5.74, 6) is 0. The van der Waals surface area contributed by atoms with E-state index in [1.807, 2.05) is 0 Å². The first-order chi connectivity index (χ1) is 15.9. The van der Waals surface area contributed by atoms with E-state index >= 15 is 0 Å². The summed E-state index contributed by atoms with van der Waals surface area (Å²) in [6, 6.07) is 0.0917. The summed E-state index contributed by atoms with van der Waals surface area (Å²) < 4.78 is 0. The van der Waals surface area contributed by atoms with Gasteiger partial charge in [0.15, 0.2) is 0 Å². The average molecular weight is 492 g/mol. The van der Waals surface area contributed by atoms with Gasteiger partial charge in [-0.1, -0.05) is 13.3 Å². The summed E-state index contributed by atoms with van der Waals surface area (Å²) in [5, 5.41) is 0. The van der Waals surface area contributed by atoms with Crippen LogP contribution in [0.15, 0.2) is 0 Å². The minimum Gasteiger partial charge on any atom is -0.319 e. The maximum Gasteiger partial charge on any atom is 0.328 e. The van der Waals surface area contributed by atoms with Crippen LogP contribution >= 0.6 is 0 Å². The molecule has 0 aromatic carbocycles. The van der Waals surface area contributed by atoms with Crippen molar-refractivity contribution >= 4 is 12.1 Å². The lowest BCUT2D eigenvalue weighted by Gasteiger charge is -2.55. The Kier molecular flexibility index (Phi) is 7.67. The smallest absolute Gasteiger partial charge is 0.319 e. The number of rotatable bonds is 5. The second-order valence-corrected chi connectivity index (χ2v) is 13.9. The maximum absolute atomic E-state index is 14.0. The molecular formula is C28H53N5O2. The summed E-state index contributed by atoms with van der Waals surface area (Å²) >= 11 is 0. The number of imide groups is 1. The number of piperidine rings is 2. The van der Waals surface area contributed by atoms with Crippen LogP contribution in [0.25, 0.3) is 0 Å². The van der Waals surface area contributed by atoms with Crippen LogP contribution in [-0.4, -0.2) is 105 Å². The number of likely N-dealkylation sites (tertiary alicyclic amines) is 2. The summed E-state index contributed by atoms with van der Waals surface area (Å²) in [7, 11) is 4.39. The minimum atomic E-state index is -0.0847. The van der Waals surface area contributed by atoms with Crippen LogP contribution in [0.3, 0.4) is 0 Å². The zero-order chi connectivity index (χ0) is 26.6. The van der Waals surface area contributed by atoms with Crippen molar-refractivity contribution in [1.29, 1.82) is 0 Å². The molecule has 0 aromatic heterocycles. The van der Waals surface area contributed by atoms with Crippen molar-refractivity contribution < 1.29 is 9.59 Å². The van der Waals surface area contributed by atoms with E-state index in [2.05, 4.69) is 96.0 Å². The van der Waals surface area contributed by atoms with Crippen LogP contribution in [0.2, 0.25) is 0 Å². The third kappa shape index (κ3) is 5.36. The Morgan fingerprint density at radius 1 is 0.657 bits per heavy atom. The van der Waals surface area contributed by atoms with Crippen LogP contribution in [0.1, 0.15) is 101 Å². The van der Waals surface area contributed by atoms with Crippen molar-refractivity contribution in [2.75, 3.05) is 33.7 Å². The van der Waals surface area contributed by atoms with Crippen molar-refractivity contribution in [2.45, 2.75) is 135 Å². The number of carbonyl (C=O) groups excluding carboxylic acids is 2. The molecule has 0 spiro atoms. The molecule has 0 aliphatic carbocycles. The van der Waals surface area contributed by atoms with Crippen molar-refractivity contribution in [3.8, 4) is 0 Å². The number of hydrogen-bond acceptors (Lipinski definition) is 4. The second kappa shape index (κ2) is 9.51. The number of amides is 4. The van der Waals surface area contributed by atoms with E-state index in [-0.39, 0.29) is 46.3 Å². The lowest BCUT2D eigenvalue weighted by molar-refractivity contribution is -0.0444. The molecule has 3 heterocycles. The monoisotopic (exact) mass is 491 g/mol. The number of nitrogens with zero attached hydrogens (tertiary/aromatic N) is 5. The van der Waals surface area contributed by atoms with Crippen LogP contribution in [0, 0.1) is 0 Å². The quantitative estimate of drug-likeness (QED) is 0.527. The van der Waals surface area contributed by atoms with Gasteiger partial charge in [0.25, 0.3) is 0 Å². The lowest BCUT2D eigenvalue weighted by atomic mass is 9.76. The Balaban J connectivity index is 1.93. The van der Waals surface area contributed by atoms with Crippen LogP contribution < -0.4 is 0 Å². The largest absolute Gasteiger partial charge is 0.328 e. The molecule has 3 aliphatic rings. The van der Waals surface area contributed by atoms with Gasteiger partial charge in [0, 0.05) is 53.9 Å². The molecule has 0 bridgehead atoms. The first-order valence-electron chi connectivity index (χ1n) is 13.8. The Hall–Kier alpha value is -1.34. The van der Waals surface area contributed by atoms with Crippen molar-refractivity contribution in [3.05, 3.63) is 0 Å². The van der Waals surface area contributed by atoms with E-state index in [9.17, 15) is 9.59 Å². The molecular weight excluding hydrogens is 438 g/mol. The maximum atomic E-state index is 14.0. The molecule has 3 aliphatic heterocycles. The van der Waals surface area contributed by atoms with E-state index < -0.39 is 0 Å². The van der Waals surface area contributed by atoms with E-state index in [0.717, 1.165) is 38.5 Å². The zero-order valence-corrected chi connectivity index (χ0v) is 24.6. The highest BCUT2D eigenvalue weighted by Crippen LogP contribution is 2.41. The van der Waals surface area contributed by atoms with Crippen molar-refractivity contribution in [2.24, 2.45) is 0 Å². The van der Waals surface area contributed by atoms with Gasteiger partial charge in [0.1, 0.15) is 0 Å². The average Bonchev–Trinajstić information content (AvgIpc) is 2.84. The number of hydrogen-bond donors (Lipinski definition) is 0. The van der Waals surface area contributed by atoms with Crippen LogP contribution in [0.4, 0.5) is 9.59 Å². The van der Waals surface area contributed by atoms with Crippen molar-refractivity contribution in [3.63, 3.8) is 0 Å². The van der Waals surface area contributed by atoms with Gasteiger partial charge < -0.3 is 9.80 Å². The Morgan fingerprint density at radius 2 is 0.971 bits per heavy atom. The lowest BCUT2D eigenvalue weighted by Crippen LogP contribution is -2.64. The van der Waals surface area contributed by atoms with E-state index in [0.29, 0.717) is 19.6 Å². The fraction of sp³-hybridized carbons (Fsp3) is 0.929. The summed E-state index contributed by atoms with van der Waals surface area (Å²) in [6.45, 7) is 22.0. The molecule has 0 aromatic rings. The number of unbranched alkanes of at least 4 members (excludes halogenated alkanes) is 1. The Bertz CT molecular complexity index is 707. The van der Waals surface area contributed by atoms with Crippen LogP contribution in [-0.2, 0) is 0 Å². The minimum absolute atomic E-state index is 0.0149. The highest BCUT2D eigenvalue weighted by Gasteiger charge is 2.50. The van der Waals surface area contributed by atoms with Gasteiger partial charge >= 0.3 is 12.1 Å². The normalized spacial score (nSPS) is 28.5.